The van der Waals surface area contributed by atoms with Gasteiger partial charge < -0.3 is 5.73 Å². The Morgan fingerprint density at radius 3 is 2.38 bits per heavy atom. The first-order valence-corrected chi connectivity index (χ1v) is 5.78. The Balaban J connectivity index is 2.55. The molecule has 0 aliphatic heterocycles. The fourth-order valence-electron chi connectivity index (χ4n) is 2.61. The van der Waals surface area contributed by atoms with Gasteiger partial charge in [-0.3, -0.25) is 0 Å². The van der Waals surface area contributed by atoms with Crippen molar-refractivity contribution >= 4 is 0 Å². The van der Waals surface area contributed by atoms with Crippen LogP contribution in [0.3, 0.4) is 0 Å². The van der Waals surface area contributed by atoms with Crippen LogP contribution in [0.25, 0.3) is 0 Å². The minimum absolute atomic E-state index is 0.142. The SMILES string of the molecule is Cc1cc(C)c(C2(C(C)N)CC2)cc1C#N. The number of hydrogen-bond donors (Lipinski definition) is 1. The number of benzene rings is 1. The number of nitrogens with two attached hydrogens (primary N) is 1. The van der Waals surface area contributed by atoms with Gasteiger partial charge in [0.15, 0.2) is 0 Å². The third-order valence-corrected chi connectivity index (χ3v) is 3.89. The molecule has 1 fully saturated rings. The van der Waals surface area contributed by atoms with E-state index < -0.39 is 0 Å². The predicted molar refractivity (Wildman–Crippen MR) is 65.2 cm³/mol. The molecule has 2 rings (SSSR count). The molecule has 2 N–H and O–H groups in total. The summed E-state index contributed by atoms with van der Waals surface area (Å²) in [5, 5.41) is 9.08. The Bertz CT molecular complexity index is 462. The van der Waals surface area contributed by atoms with E-state index in [1.165, 1.54) is 11.1 Å². The molecule has 0 heterocycles. The van der Waals surface area contributed by atoms with Crippen LogP contribution in [0.1, 0.15) is 42.0 Å². The molecule has 1 aliphatic rings. The summed E-state index contributed by atoms with van der Waals surface area (Å²) in [7, 11) is 0. The van der Waals surface area contributed by atoms with Gasteiger partial charge in [0, 0.05) is 11.5 Å². The van der Waals surface area contributed by atoms with Gasteiger partial charge in [0.05, 0.1) is 11.6 Å². The molecule has 0 bridgehead atoms. The molecule has 1 atom stereocenters. The maximum atomic E-state index is 9.08. The predicted octanol–water partition coefficient (Wildman–Crippen LogP) is 2.55. The molecule has 1 aromatic rings. The lowest BCUT2D eigenvalue weighted by atomic mass is 9.84. The average Bonchev–Trinajstić information content (AvgIpc) is 2.99. The molecule has 0 amide bonds. The lowest BCUT2D eigenvalue weighted by Gasteiger charge is -2.23. The van der Waals surface area contributed by atoms with Crippen LogP contribution in [0.15, 0.2) is 12.1 Å². The van der Waals surface area contributed by atoms with Gasteiger partial charge in [-0.05, 0) is 56.4 Å². The van der Waals surface area contributed by atoms with Crippen LogP contribution in [0.5, 0.6) is 0 Å². The highest BCUT2D eigenvalue weighted by atomic mass is 14.7. The van der Waals surface area contributed by atoms with Gasteiger partial charge in [0.2, 0.25) is 0 Å². The van der Waals surface area contributed by atoms with E-state index in [2.05, 4.69) is 26.0 Å². The van der Waals surface area contributed by atoms with Gasteiger partial charge in [0.1, 0.15) is 0 Å². The van der Waals surface area contributed by atoms with Gasteiger partial charge in [-0.2, -0.15) is 5.26 Å². The molecule has 1 aromatic carbocycles. The lowest BCUT2D eigenvalue weighted by molar-refractivity contribution is 0.553. The number of aryl methyl sites for hydroxylation is 2. The molecule has 0 radical (unpaired) electrons. The maximum Gasteiger partial charge on any atom is 0.0994 e. The second kappa shape index (κ2) is 3.61. The summed E-state index contributed by atoms with van der Waals surface area (Å²) in [4.78, 5) is 0. The van der Waals surface area contributed by atoms with Crippen LogP contribution < -0.4 is 5.73 Å². The molecular formula is C14H18N2. The second-order valence-electron chi connectivity index (χ2n) is 5.04. The van der Waals surface area contributed by atoms with Crippen molar-refractivity contribution in [2.75, 3.05) is 0 Å². The smallest absolute Gasteiger partial charge is 0.0994 e. The zero-order valence-electron chi connectivity index (χ0n) is 10.2. The van der Waals surface area contributed by atoms with Crippen LogP contribution in [0.4, 0.5) is 0 Å². The highest BCUT2D eigenvalue weighted by Gasteiger charge is 2.48. The summed E-state index contributed by atoms with van der Waals surface area (Å²) in [5.74, 6) is 0. The van der Waals surface area contributed by atoms with E-state index in [0.717, 1.165) is 24.0 Å². The van der Waals surface area contributed by atoms with Gasteiger partial charge in [-0.25, -0.2) is 0 Å². The highest BCUT2D eigenvalue weighted by molar-refractivity contribution is 5.49. The first kappa shape index (κ1) is 11.2. The number of nitrogens with zero attached hydrogens (tertiary/aromatic N) is 1. The monoisotopic (exact) mass is 214 g/mol. The van der Waals surface area contributed by atoms with E-state index in [1.807, 2.05) is 13.0 Å². The summed E-state index contributed by atoms with van der Waals surface area (Å²) in [6.07, 6.45) is 2.30. The minimum atomic E-state index is 0.142. The average molecular weight is 214 g/mol. The minimum Gasteiger partial charge on any atom is -0.327 e. The number of rotatable bonds is 2. The van der Waals surface area contributed by atoms with E-state index in [4.69, 9.17) is 11.0 Å². The van der Waals surface area contributed by atoms with Crippen LogP contribution in [0, 0.1) is 25.2 Å². The van der Waals surface area contributed by atoms with E-state index >= 15 is 0 Å². The van der Waals surface area contributed by atoms with E-state index in [1.54, 1.807) is 0 Å². The van der Waals surface area contributed by atoms with Crippen LogP contribution in [-0.2, 0) is 5.41 Å². The van der Waals surface area contributed by atoms with Crippen molar-refractivity contribution < 1.29 is 0 Å². The zero-order valence-corrected chi connectivity index (χ0v) is 10.2. The summed E-state index contributed by atoms with van der Waals surface area (Å²) in [6.45, 7) is 6.17. The first-order chi connectivity index (χ1) is 7.51. The van der Waals surface area contributed by atoms with Gasteiger partial charge in [0.25, 0.3) is 0 Å². The Hall–Kier alpha value is -1.33. The molecule has 16 heavy (non-hydrogen) atoms. The standard InChI is InChI=1S/C14H18N2/c1-9-6-10(2)13(7-12(9)8-15)14(4-5-14)11(3)16/h6-7,11H,4-5,16H2,1-3H3. The topological polar surface area (TPSA) is 49.8 Å². The van der Waals surface area contributed by atoms with Crippen LogP contribution in [-0.4, -0.2) is 6.04 Å². The van der Waals surface area contributed by atoms with Crippen molar-refractivity contribution in [2.24, 2.45) is 5.73 Å². The molecule has 0 saturated heterocycles. The summed E-state index contributed by atoms with van der Waals surface area (Å²) in [6, 6.07) is 6.58. The maximum absolute atomic E-state index is 9.08. The Kier molecular flexibility index (Phi) is 2.52. The van der Waals surface area contributed by atoms with Crippen molar-refractivity contribution in [1.82, 2.24) is 0 Å². The molecule has 0 aromatic heterocycles. The Morgan fingerprint density at radius 2 is 1.94 bits per heavy atom. The summed E-state index contributed by atoms with van der Waals surface area (Å²) < 4.78 is 0. The quantitative estimate of drug-likeness (QED) is 0.822. The Labute approximate surface area is 97.1 Å². The normalized spacial score (nSPS) is 18.9. The highest BCUT2D eigenvalue weighted by Crippen LogP contribution is 2.51. The van der Waals surface area contributed by atoms with Crippen LogP contribution in [0.2, 0.25) is 0 Å². The molecule has 1 aliphatic carbocycles. The molecule has 84 valence electrons. The van der Waals surface area contributed by atoms with E-state index in [9.17, 15) is 0 Å². The van der Waals surface area contributed by atoms with Gasteiger partial charge >= 0.3 is 0 Å². The van der Waals surface area contributed by atoms with Crippen molar-refractivity contribution in [2.45, 2.75) is 45.1 Å². The fourth-order valence-corrected chi connectivity index (χ4v) is 2.61. The van der Waals surface area contributed by atoms with Crippen LogP contribution >= 0.6 is 0 Å². The second-order valence-corrected chi connectivity index (χ2v) is 5.04. The third kappa shape index (κ3) is 1.52. The van der Waals surface area contributed by atoms with Crippen molar-refractivity contribution in [3.63, 3.8) is 0 Å². The van der Waals surface area contributed by atoms with E-state index in [-0.39, 0.29) is 11.5 Å². The largest absolute Gasteiger partial charge is 0.327 e. The molecule has 1 saturated carbocycles. The zero-order chi connectivity index (χ0) is 11.9. The van der Waals surface area contributed by atoms with Gasteiger partial charge in [-0.15, -0.1) is 0 Å². The number of nitriles is 1. The first-order valence-electron chi connectivity index (χ1n) is 5.78. The molecule has 2 nitrogen and oxygen atoms in total. The van der Waals surface area contributed by atoms with Crippen molar-refractivity contribution in [3.8, 4) is 6.07 Å². The third-order valence-electron chi connectivity index (χ3n) is 3.89. The number of hydrogen-bond acceptors (Lipinski definition) is 2. The Morgan fingerprint density at radius 1 is 1.31 bits per heavy atom. The molecular weight excluding hydrogens is 196 g/mol. The van der Waals surface area contributed by atoms with Crippen molar-refractivity contribution in [1.29, 1.82) is 5.26 Å². The van der Waals surface area contributed by atoms with Gasteiger partial charge in [-0.1, -0.05) is 6.07 Å². The molecule has 2 heteroatoms. The van der Waals surface area contributed by atoms with Crippen molar-refractivity contribution in [3.05, 3.63) is 34.4 Å². The van der Waals surface area contributed by atoms with E-state index in [0.29, 0.717) is 0 Å². The summed E-state index contributed by atoms with van der Waals surface area (Å²) >= 11 is 0. The summed E-state index contributed by atoms with van der Waals surface area (Å²) in [5.41, 5.74) is 10.6. The lowest BCUT2D eigenvalue weighted by Crippen LogP contribution is -2.32. The molecule has 0 spiro atoms. The molecule has 1 unspecified atom stereocenters. The fraction of sp³-hybridized carbons (Fsp3) is 0.500.